The summed E-state index contributed by atoms with van der Waals surface area (Å²) in [5, 5.41) is 2.56. The number of nitrogens with one attached hydrogen (secondary N) is 1. The van der Waals surface area contributed by atoms with Crippen LogP contribution >= 0.6 is 0 Å². The summed E-state index contributed by atoms with van der Waals surface area (Å²) in [6.07, 6.45) is 1.81. The zero-order valence-corrected chi connectivity index (χ0v) is 20.6. The summed E-state index contributed by atoms with van der Waals surface area (Å²) in [4.78, 5) is 40.7. The minimum Gasteiger partial charge on any atom is -0.493 e. The number of esters is 2. The Bertz CT molecular complexity index is 983. The molecule has 35 heavy (non-hydrogen) atoms. The standard InChI is InChI=1S/C25H32N2O8/c1-6-10-20(17(3)34-19-11-8-7-9-12-19)35-25(30)16(2)27-24(29)22-23(33-15-32-18(4)28)21(31-5)13-14-26-22/h7-9,11-14,16-17,20H,6,10,15H2,1-5H3,(H,27,29)/t16-,17-,20+/m0/s1. The number of ether oxygens (including phenoxy) is 5. The highest BCUT2D eigenvalue weighted by atomic mass is 16.7. The summed E-state index contributed by atoms with van der Waals surface area (Å²) in [5.74, 6) is -1.01. The second-order valence-electron chi connectivity index (χ2n) is 7.68. The fraction of sp³-hybridized carbons (Fsp3) is 0.440. The van der Waals surface area contributed by atoms with Crippen LogP contribution in [0, 0.1) is 0 Å². The van der Waals surface area contributed by atoms with E-state index in [1.54, 1.807) is 0 Å². The van der Waals surface area contributed by atoms with Gasteiger partial charge in [0.05, 0.1) is 7.11 Å². The van der Waals surface area contributed by atoms with Crippen molar-refractivity contribution in [2.75, 3.05) is 13.9 Å². The summed E-state index contributed by atoms with van der Waals surface area (Å²) in [5.41, 5.74) is -0.137. The number of amides is 1. The van der Waals surface area contributed by atoms with Gasteiger partial charge in [-0.1, -0.05) is 31.5 Å². The van der Waals surface area contributed by atoms with E-state index in [4.69, 9.17) is 23.7 Å². The van der Waals surface area contributed by atoms with Gasteiger partial charge in [0.25, 0.3) is 5.91 Å². The number of carbonyl (C=O) groups excluding carboxylic acids is 3. The maximum atomic E-state index is 12.9. The molecule has 3 atom stereocenters. The first-order valence-electron chi connectivity index (χ1n) is 11.3. The van der Waals surface area contributed by atoms with Crippen molar-refractivity contribution >= 4 is 17.8 Å². The Kier molecular flexibility index (Phi) is 10.8. The molecule has 10 nitrogen and oxygen atoms in total. The highest BCUT2D eigenvalue weighted by molar-refractivity contribution is 5.98. The Morgan fingerprint density at radius 1 is 1.09 bits per heavy atom. The summed E-state index contributed by atoms with van der Waals surface area (Å²) < 4.78 is 27.0. The molecule has 10 heteroatoms. The fourth-order valence-electron chi connectivity index (χ4n) is 3.10. The lowest BCUT2D eigenvalue weighted by Gasteiger charge is -2.26. The monoisotopic (exact) mass is 488 g/mol. The first-order chi connectivity index (χ1) is 16.8. The second-order valence-corrected chi connectivity index (χ2v) is 7.68. The van der Waals surface area contributed by atoms with E-state index in [-0.39, 0.29) is 17.2 Å². The van der Waals surface area contributed by atoms with Crippen LogP contribution < -0.4 is 19.5 Å². The molecule has 0 bridgehead atoms. The van der Waals surface area contributed by atoms with Crippen LogP contribution in [0.25, 0.3) is 0 Å². The van der Waals surface area contributed by atoms with Gasteiger partial charge in [0.15, 0.2) is 17.2 Å². The van der Waals surface area contributed by atoms with E-state index in [2.05, 4.69) is 10.3 Å². The smallest absolute Gasteiger partial charge is 0.328 e. The lowest BCUT2D eigenvalue weighted by Crippen LogP contribution is -2.43. The minimum atomic E-state index is -0.986. The predicted octanol–water partition coefficient (Wildman–Crippen LogP) is 3.29. The van der Waals surface area contributed by atoms with E-state index >= 15 is 0 Å². The molecule has 0 unspecified atom stereocenters. The Balaban J connectivity index is 2.06. The van der Waals surface area contributed by atoms with Crippen LogP contribution in [0.1, 0.15) is 51.0 Å². The maximum absolute atomic E-state index is 12.9. The highest BCUT2D eigenvalue weighted by Crippen LogP contribution is 2.29. The van der Waals surface area contributed by atoms with Gasteiger partial charge in [-0.2, -0.15) is 0 Å². The van der Waals surface area contributed by atoms with Crippen molar-refractivity contribution in [3.05, 3.63) is 48.3 Å². The van der Waals surface area contributed by atoms with Gasteiger partial charge in [0.2, 0.25) is 6.79 Å². The van der Waals surface area contributed by atoms with E-state index in [0.29, 0.717) is 12.2 Å². The topological polar surface area (TPSA) is 122 Å². The molecule has 0 saturated heterocycles. The summed E-state index contributed by atoms with van der Waals surface area (Å²) in [7, 11) is 1.39. The van der Waals surface area contributed by atoms with Crippen molar-refractivity contribution in [2.45, 2.75) is 58.8 Å². The van der Waals surface area contributed by atoms with E-state index in [0.717, 1.165) is 6.42 Å². The van der Waals surface area contributed by atoms with Crippen LogP contribution in [-0.2, 0) is 19.1 Å². The van der Waals surface area contributed by atoms with Crippen LogP contribution in [0.15, 0.2) is 42.6 Å². The molecule has 0 radical (unpaired) electrons. The third kappa shape index (κ3) is 8.47. The van der Waals surface area contributed by atoms with E-state index in [1.807, 2.05) is 44.2 Å². The van der Waals surface area contributed by atoms with Gasteiger partial charge in [-0.3, -0.25) is 9.59 Å². The molecule has 0 fully saturated rings. The van der Waals surface area contributed by atoms with E-state index < -0.39 is 42.9 Å². The number of aromatic nitrogens is 1. The van der Waals surface area contributed by atoms with Crippen LogP contribution in [-0.4, -0.2) is 55.0 Å². The lowest BCUT2D eigenvalue weighted by molar-refractivity contribution is -0.156. The number of hydrogen-bond acceptors (Lipinski definition) is 9. The largest absolute Gasteiger partial charge is 0.493 e. The molecule has 0 aliphatic rings. The molecule has 0 aliphatic heterocycles. The van der Waals surface area contributed by atoms with Crippen LogP contribution in [0.5, 0.6) is 17.2 Å². The first-order valence-corrected chi connectivity index (χ1v) is 11.3. The third-order valence-corrected chi connectivity index (χ3v) is 4.90. The summed E-state index contributed by atoms with van der Waals surface area (Å²) in [6, 6.07) is 9.75. The molecular weight excluding hydrogens is 456 g/mol. The zero-order chi connectivity index (χ0) is 25.8. The van der Waals surface area contributed by atoms with Gasteiger partial charge in [-0.05, 0) is 32.4 Å². The number of para-hydroxylation sites is 1. The molecule has 2 rings (SSSR count). The normalized spacial score (nSPS) is 13.1. The van der Waals surface area contributed by atoms with Gasteiger partial charge in [0, 0.05) is 19.2 Å². The number of hydrogen-bond donors (Lipinski definition) is 1. The Labute approximate surface area is 204 Å². The molecule has 0 aliphatic carbocycles. The fourth-order valence-corrected chi connectivity index (χ4v) is 3.10. The number of methoxy groups -OCH3 is 1. The van der Waals surface area contributed by atoms with Crippen molar-refractivity contribution in [3.8, 4) is 17.2 Å². The zero-order valence-electron chi connectivity index (χ0n) is 20.6. The number of nitrogens with zero attached hydrogens (tertiary/aromatic N) is 1. The Hall–Kier alpha value is -3.82. The summed E-state index contributed by atoms with van der Waals surface area (Å²) >= 11 is 0. The van der Waals surface area contributed by atoms with Crippen LogP contribution in [0.4, 0.5) is 0 Å². The Morgan fingerprint density at radius 3 is 2.43 bits per heavy atom. The van der Waals surface area contributed by atoms with Gasteiger partial charge in [0.1, 0.15) is 24.0 Å². The molecule has 0 saturated carbocycles. The van der Waals surface area contributed by atoms with Crippen molar-refractivity contribution < 1.29 is 38.1 Å². The van der Waals surface area contributed by atoms with E-state index in [9.17, 15) is 14.4 Å². The Morgan fingerprint density at radius 2 is 1.80 bits per heavy atom. The number of carbonyl (C=O) groups is 3. The molecular formula is C25H32N2O8. The highest BCUT2D eigenvalue weighted by Gasteiger charge is 2.28. The second kappa shape index (κ2) is 13.8. The lowest BCUT2D eigenvalue weighted by atomic mass is 10.1. The number of rotatable bonds is 13. The third-order valence-electron chi connectivity index (χ3n) is 4.90. The average molecular weight is 489 g/mol. The predicted molar refractivity (Wildman–Crippen MR) is 126 cm³/mol. The van der Waals surface area contributed by atoms with Crippen molar-refractivity contribution in [2.24, 2.45) is 0 Å². The van der Waals surface area contributed by atoms with Crippen molar-refractivity contribution in [3.63, 3.8) is 0 Å². The number of benzene rings is 1. The molecule has 190 valence electrons. The molecule has 2 aromatic rings. The van der Waals surface area contributed by atoms with Crippen LogP contribution in [0.2, 0.25) is 0 Å². The first kappa shape index (κ1) is 27.4. The van der Waals surface area contributed by atoms with Crippen molar-refractivity contribution in [1.82, 2.24) is 10.3 Å². The molecule has 1 amide bonds. The molecule has 1 aromatic carbocycles. The van der Waals surface area contributed by atoms with Crippen LogP contribution in [0.3, 0.4) is 0 Å². The number of pyridine rings is 1. The quantitative estimate of drug-likeness (QED) is 0.334. The van der Waals surface area contributed by atoms with Gasteiger partial charge < -0.3 is 29.0 Å². The average Bonchev–Trinajstić information content (AvgIpc) is 2.83. The van der Waals surface area contributed by atoms with Crippen molar-refractivity contribution in [1.29, 1.82) is 0 Å². The maximum Gasteiger partial charge on any atom is 0.328 e. The molecule has 1 N–H and O–H groups in total. The summed E-state index contributed by atoms with van der Waals surface area (Å²) in [6.45, 7) is 6.10. The minimum absolute atomic E-state index is 0.0249. The van der Waals surface area contributed by atoms with Gasteiger partial charge >= 0.3 is 11.9 Å². The van der Waals surface area contributed by atoms with Gasteiger partial charge in [-0.25, -0.2) is 9.78 Å². The van der Waals surface area contributed by atoms with Gasteiger partial charge in [-0.15, -0.1) is 0 Å². The molecule has 0 spiro atoms. The molecule has 1 heterocycles. The van der Waals surface area contributed by atoms with E-state index in [1.165, 1.54) is 33.2 Å². The molecule has 1 aromatic heterocycles. The SMILES string of the molecule is CCC[C@@H](OC(=O)[C@H](C)NC(=O)c1nccc(OC)c1OCOC(C)=O)[C@H](C)Oc1ccccc1.